The second-order valence-electron chi connectivity index (χ2n) is 9.86. The molecule has 0 aliphatic carbocycles. The van der Waals surface area contributed by atoms with E-state index in [0.717, 1.165) is 51.1 Å². The maximum Gasteiger partial charge on any atom is 0.307 e. The van der Waals surface area contributed by atoms with Gasteiger partial charge in [-0.2, -0.15) is 0 Å². The summed E-state index contributed by atoms with van der Waals surface area (Å²) < 4.78 is 12.8. The number of carbonyl (C=O) groups excluding carboxylic acids is 1. The molecule has 38 heavy (non-hydrogen) atoms. The molecule has 1 amide bonds. The lowest BCUT2D eigenvalue weighted by molar-refractivity contribution is -0.118. The summed E-state index contributed by atoms with van der Waals surface area (Å²) in [5.74, 6) is 1.26. The Morgan fingerprint density at radius 3 is 2.00 bits per heavy atom. The van der Waals surface area contributed by atoms with Crippen LogP contribution in [0.1, 0.15) is 40.3 Å². The standard InChI is InChI=1S/C33H32NO4/c1-24(2)30-16-31(34(23-36)18-28-14-13-27(20-35)15-29(28)19-34)33(38-22-26-11-7-4-8-12-26)17-32(30)37-21-25-9-5-3-6-10-25/h3-17,23,35H,1,18-22H2,2H3/q+1. The molecule has 1 heterocycles. The first kappa shape index (κ1) is 25.5. The van der Waals surface area contributed by atoms with Gasteiger partial charge in [-0.25, -0.2) is 9.28 Å². The third kappa shape index (κ3) is 5.25. The van der Waals surface area contributed by atoms with E-state index in [2.05, 4.69) is 6.58 Å². The smallest absolute Gasteiger partial charge is 0.307 e. The van der Waals surface area contributed by atoms with Crippen molar-refractivity contribution in [3.8, 4) is 11.5 Å². The molecule has 0 bridgehead atoms. The second-order valence-corrected chi connectivity index (χ2v) is 9.86. The molecule has 0 saturated carbocycles. The summed E-state index contributed by atoms with van der Waals surface area (Å²) in [6.45, 7) is 7.86. The first-order valence-corrected chi connectivity index (χ1v) is 12.7. The highest BCUT2D eigenvalue weighted by molar-refractivity contribution is 5.81. The fraction of sp³-hybridized carbons (Fsp3) is 0.182. The molecule has 0 spiro atoms. The number of allylic oxidation sites excluding steroid dienone is 1. The van der Waals surface area contributed by atoms with Crippen molar-refractivity contribution in [2.75, 3.05) is 0 Å². The molecule has 5 heteroatoms. The Balaban J connectivity index is 1.57. The number of amides is 1. The van der Waals surface area contributed by atoms with Gasteiger partial charge in [-0.1, -0.05) is 79.4 Å². The number of aliphatic hydroxyl groups is 1. The summed E-state index contributed by atoms with van der Waals surface area (Å²) >= 11 is 0. The number of quaternary nitrogens is 1. The van der Waals surface area contributed by atoms with E-state index in [9.17, 15) is 9.90 Å². The van der Waals surface area contributed by atoms with Gasteiger partial charge in [0.05, 0.1) is 6.61 Å². The van der Waals surface area contributed by atoms with E-state index in [0.29, 0.717) is 37.8 Å². The highest BCUT2D eigenvalue weighted by Crippen LogP contribution is 2.45. The van der Waals surface area contributed by atoms with Crippen LogP contribution in [0.5, 0.6) is 11.5 Å². The van der Waals surface area contributed by atoms with Gasteiger partial charge in [0.15, 0.2) is 11.4 Å². The minimum atomic E-state index is -0.0347. The zero-order chi connectivity index (χ0) is 26.5. The Morgan fingerprint density at radius 2 is 1.42 bits per heavy atom. The quantitative estimate of drug-likeness (QED) is 0.196. The molecule has 4 aromatic rings. The average molecular weight is 507 g/mol. The van der Waals surface area contributed by atoms with E-state index in [1.807, 2.05) is 97.9 Å². The molecule has 5 rings (SSSR count). The van der Waals surface area contributed by atoms with Crippen LogP contribution in [0.15, 0.2) is 97.6 Å². The van der Waals surface area contributed by atoms with E-state index in [1.165, 1.54) is 0 Å². The molecule has 1 unspecified atom stereocenters. The molecule has 5 nitrogen and oxygen atoms in total. The monoisotopic (exact) mass is 506 g/mol. The fourth-order valence-electron chi connectivity index (χ4n) is 4.98. The maximum atomic E-state index is 12.9. The van der Waals surface area contributed by atoms with E-state index in [-0.39, 0.29) is 11.1 Å². The number of aliphatic hydroxyl groups excluding tert-OH is 1. The van der Waals surface area contributed by atoms with Crippen molar-refractivity contribution >= 4 is 17.7 Å². The Kier molecular flexibility index (Phi) is 7.40. The lowest BCUT2D eigenvalue weighted by atomic mass is 10.0. The highest BCUT2D eigenvalue weighted by atomic mass is 16.5. The van der Waals surface area contributed by atoms with Crippen molar-refractivity contribution < 1.29 is 19.4 Å². The Labute approximate surface area is 223 Å². The van der Waals surface area contributed by atoms with Crippen molar-refractivity contribution in [3.05, 3.63) is 131 Å². The molecule has 1 aliphatic heterocycles. The van der Waals surface area contributed by atoms with Crippen LogP contribution in [0.4, 0.5) is 5.69 Å². The molecular formula is C33H32NO4+. The van der Waals surface area contributed by atoms with Crippen LogP contribution >= 0.6 is 0 Å². The summed E-state index contributed by atoms with van der Waals surface area (Å²) in [5.41, 5.74) is 7.52. The Hall–Kier alpha value is -4.19. The van der Waals surface area contributed by atoms with Crippen LogP contribution < -0.4 is 14.0 Å². The Bertz CT molecular complexity index is 1450. The van der Waals surface area contributed by atoms with Crippen molar-refractivity contribution in [3.63, 3.8) is 0 Å². The molecule has 0 fully saturated rings. The summed E-state index contributed by atoms with van der Waals surface area (Å²) in [6.07, 6.45) is 0.996. The molecule has 0 aromatic heterocycles. The van der Waals surface area contributed by atoms with E-state index >= 15 is 0 Å². The second kappa shape index (κ2) is 11.1. The number of fused-ring (bicyclic) bond motifs is 1. The van der Waals surface area contributed by atoms with Gasteiger partial charge < -0.3 is 14.6 Å². The number of benzene rings is 4. The van der Waals surface area contributed by atoms with Crippen molar-refractivity contribution in [1.82, 2.24) is 4.48 Å². The number of rotatable bonds is 10. The van der Waals surface area contributed by atoms with Crippen LogP contribution in [0.3, 0.4) is 0 Å². The number of nitrogens with zero attached hydrogens (tertiary/aromatic N) is 1. The number of ether oxygens (including phenoxy) is 2. The Morgan fingerprint density at radius 1 is 0.816 bits per heavy atom. The fourth-order valence-corrected chi connectivity index (χ4v) is 4.98. The van der Waals surface area contributed by atoms with Gasteiger partial charge in [0.2, 0.25) is 0 Å². The van der Waals surface area contributed by atoms with E-state index < -0.39 is 0 Å². The molecule has 0 radical (unpaired) electrons. The topological polar surface area (TPSA) is 55.8 Å². The minimum Gasteiger partial charge on any atom is -0.488 e. The number of carbonyl (C=O) groups is 1. The first-order valence-electron chi connectivity index (χ1n) is 12.7. The minimum absolute atomic E-state index is 0.0347. The van der Waals surface area contributed by atoms with Crippen LogP contribution in [-0.4, -0.2) is 11.5 Å². The van der Waals surface area contributed by atoms with Crippen LogP contribution in [0.25, 0.3) is 5.57 Å². The van der Waals surface area contributed by atoms with Crippen molar-refractivity contribution in [2.24, 2.45) is 0 Å². The van der Waals surface area contributed by atoms with Crippen LogP contribution in [0, 0.1) is 0 Å². The molecule has 0 saturated heterocycles. The van der Waals surface area contributed by atoms with Crippen molar-refractivity contribution in [1.29, 1.82) is 0 Å². The molecule has 192 valence electrons. The molecule has 1 atom stereocenters. The normalized spacial score (nSPS) is 16.1. The SMILES string of the molecule is C=C(C)c1cc([N+]2(C=O)Cc3ccc(CO)cc3C2)c(OCc2ccccc2)cc1OCc1ccccc1. The highest BCUT2D eigenvalue weighted by Gasteiger charge is 2.41. The predicted molar refractivity (Wildman–Crippen MR) is 150 cm³/mol. The summed E-state index contributed by atoms with van der Waals surface area (Å²) in [6, 6.07) is 29.8. The largest absolute Gasteiger partial charge is 0.488 e. The van der Waals surface area contributed by atoms with Gasteiger partial charge in [-0.3, -0.25) is 0 Å². The zero-order valence-corrected chi connectivity index (χ0v) is 21.6. The lowest BCUT2D eigenvalue weighted by Gasteiger charge is -2.29. The van der Waals surface area contributed by atoms with Gasteiger partial charge in [0, 0.05) is 28.8 Å². The van der Waals surface area contributed by atoms with E-state index in [1.54, 1.807) is 0 Å². The van der Waals surface area contributed by atoms with Crippen LogP contribution in [0.2, 0.25) is 0 Å². The average Bonchev–Trinajstić information content (AvgIpc) is 3.34. The summed E-state index contributed by atoms with van der Waals surface area (Å²) in [7, 11) is 0. The zero-order valence-electron chi connectivity index (χ0n) is 21.6. The van der Waals surface area contributed by atoms with Gasteiger partial charge in [-0.15, -0.1) is 0 Å². The predicted octanol–water partition coefficient (Wildman–Crippen LogP) is 6.55. The summed E-state index contributed by atoms with van der Waals surface area (Å²) in [4.78, 5) is 12.9. The summed E-state index contributed by atoms with van der Waals surface area (Å²) in [5, 5.41) is 9.64. The third-order valence-corrected chi connectivity index (χ3v) is 7.04. The van der Waals surface area contributed by atoms with Gasteiger partial charge >= 0.3 is 6.41 Å². The molecular weight excluding hydrogens is 474 g/mol. The van der Waals surface area contributed by atoms with E-state index in [4.69, 9.17) is 9.47 Å². The first-order chi connectivity index (χ1) is 18.5. The van der Waals surface area contributed by atoms with Crippen molar-refractivity contribution in [2.45, 2.75) is 39.8 Å². The van der Waals surface area contributed by atoms with Gasteiger partial charge in [-0.05, 0) is 35.3 Å². The number of hydrogen-bond acceptors (Lipinski definition) is 4. The van der Waals surface area contributed by atoms with Crippen LogP contribution in [-0.2, 0) is 37.7 Å². The molecule has 1 N–H and O–H groups in total. The van der Waals surface area contributed by atoms with Gasteiger partial charge in [0.1, 0.15) is 32.1 Å². The molecule has 4 aromatic carbocycles. The molecule has 1 aliphatic rings. The van der Waals surface area contributed by atoms with Gasteiger partial charge in [0.25, 0.3) is 0 Å². The number of hydrogen-bond donors (Lipinski definition) is 1. The lowest BCUT2D eigenvalue weighted by Crippen LogP contribution is -2.42. The maximum absolute atomic E-state index is 12.9. The third-order valence-electron chi connectivity index (χ3n) is 7.04.